The lowest BCUT2D eigenvalue weighted by atomic mass is 9.78. The normalized spacial score (nSPS) is 13.8. The average molecular weight is 338 g/mol. The van der Waals surface area contributed by atoms with E-state index in [1.807, 2.05) is 69.3 Å². The predicted octanol–water partition coefficient (Wildman–Crippen LogP) is 4.32. The quantitative estimate of drug-likeness (QED) is 0.753. The highest BCUT2D eigenvalue weighted by Crippen LogP contribution is 2.32. The molecule has 0 bridgehead atoms. The van der Waals surface area contributed by atoms with Crippen molar-refractivity contribution in [3.63, 3.8) is 0 Å². The van der Waals surface area contributed by atoms with Crippen molar-refractivity contribution >= 4 is 27.5 Å². The molecule has 1 heterocycles. The minimum Gasteiger partial charge on any atom is -0.353 e. The first-order valence-electron chi connectivity index (χ1n) is 8.20. The highest BCUT2D eigenvalue weighted by Gasteiger charge is 2.36. The molecule has 3 nitrogen and oxygen atoms in total. The first kappa shape index (κ1) is 16.7. The van der Waals surface area contributed by atoms with E-state index in [1.54, 1.807) is 11.3 Å². The van der Waals surface area contributed by atoms with E-state index in [4.69, 9.17) is 4.98 Å². The van der Waals surface area contributed by atoms with Crippen LogP contribution in [0.3, 0.4) is 0 Å². The first-order valence-corrected chi connectivity index (χ1v) is 9.01. The number of nitrogens with one attached hydrogen (secondary N) is 1. The smallest absolute Gasteiger partial charge is 0.230 e. The fourth-order valence-electron chi connectivity index (χ4n) is 2.84. The molecule has 4 heteroatoms. The van der Waals surface area contributed by atoms with Crippen LogP contribution in [-0.2, 0) is 16.6 Å². The van der Waals surface area contributed by atoms with Crippen LogP contribution in [0.2, 0.25) is 0 Å². The van der Waals surface area contributed by atoms with E-state index in [1.165, 1.54) is 0 Å². The molecule has 0 fully saturated rings. The van der Waals surface area contributed by atoms with E-state index in [-0.39, 0.29) is 11.9 Å². The van der Waals surface area contributed by atoms with Crippen molar-refractivity contribution in [3.8, 4) is 0 Å². The Labute approximate surface area is 146 Å². The van der Waals surface area contributed by atoms with Crippen molar-refractivity contribution in [2.24, 2.45) is 0 Å². The number of aromatic nitrogens is 1. The van der Waals surface area contributed by atoms with Gasteiger partial charge in [-0.25, -0.2) is 4.98 Å². The molecule has 24 heavy (non-hydrogen) atoms. The summed E-state index contributed by atoms with van der Waals surface area (Å²) in [7, 11) is 0. The van der Waals surface area contributed by atoms with Crippen LogP contribution in [-0.4, -0.2) is 16.9 Å². The number of rotatable bonds is 5. The van der Waals surface area contributed by atoms with Crippen LogP contribution in [0.5, 0.6) is 0 Å². The molecular weight excluding hydrogens is 316 g/mol. The third kappa shape index (κ3) is 3.34. The van der Waals surface area contributed by atoms with Crippen molar-refractivity contribution in [1.82, 2.24) is 10.3 Å². The summed E-state index contributed by atoms with van der Waals surface area (Å²) in [5.74, 6) is 0.0444. The molecule has 1 atom stereocenters. The van der Waals surface area contributed by atoms with Gasteiger partial charge in [-0.2, -0.15) is 0 Å². The summed E-state index contributed by atoms with van der Waals surface area (Å²) in [5, 5.41) is 4.06. The number of para-hydroxylation sites is 1. The Morgan fingerprint density at radius 1 is 1.12 bits per heavy atom. The summed E-state index contributed by atoms with van der Waals surface area (Å²) in [4.78, 5) is 17.7. The van der Waals surface area contributed by atoms with Gasteiger partial charge in [0.15, 0.2) is 0 Å². The molecule has 3 aromatic rings. The number of amides is 1. The number of benzene rings is 2. The number of hydrogen-bond donors (Lipinski definition) is 1. The maximum atomic E-state index is 13.0. The van der Waals surface area contributed by atoms with Gasteiger partial charge in [0.25, 0.3) is 0 Å². The first-order chi connectivity index (χ1) is 11.5. The van der Waals surface area contributed by atoms with Crippen molar-refractivity contribution < 1.29 is 4.79 Å². The Bertz CT molecular complexity index is 808. The van der Waals surface area contributed by atoms with Crippen molar-refractivity contribution in [1.29, 1.82) is 0 Å². The lowest BCUT2D eigenvalue weighted by Gasteiger charge is -2.29. The number of fused-ring (bicyclic) bond motifs is 1. The Hall–Kier alpha value is -2.20. The standard InChI is InChI=1S/C20H22N2OS/c1-14(2)21-19(23)20(3,15-9-5-4-6-10-15)13-18-22-16-11-7-8-12-17(16)24-18/h4-12,14H,13H2,1-3H3,(H,21,23). The van der Waals surface area contributed by atoms with Crippen LogP contribution < -0.4 is 5.32 Å². The number of carbonyl (C=O) groups excluding carboxylic acids is 1. The molecule has 0 aliphatic rings. The van der Waals surface area contributed by atoms with Gasteiger partial charge in [-0.15, -0.1) is 11.3 Å². The van der Waals surface area contributed by atoms with Gasteiger partial charge in [-0.1, -0.05) is 42.5 Å². The minimum absolute atomic E-state index is 0.0444. The molecule has 1 unspecified atom stereocenters. The van der Waals surface area contributed by atoms with Crippen LogP contribution >= 0.6 is 11.3 Å². The van der Waals surface area contributed by atoms with Crippen LogP contribution in [0.4, 0.5) is 0 Å². The molecule has 1 amide bonds. The SMILES string of the molecule is CC(C)NC(=O)C(C)(Cc1nc2ccccc2s1)c1ccccc1. The van der Waals surface area contributed by atoms with Crippen molar-refractivity contribution in [2.75, 3.05) is 0 Å². The monoisotopic (exact) mass is 338 g/mol. The summed E-state index contributed by atoms with van der Waals surface area (Å²) in [6, 6.07) is 18.2. The van der Waals surface area contributed by atoms with Crippen molar-refractivity contribution in [2.45, 2.75) is 38.6 Å². The van der Waals surface area contributed by atoms with Gasteiger partial charge in [0.05, 0.1) is 20.6 Å². The summed E-state index contributed by atoms with van der Waals surface area (Å²) in [5.41, 5.74) is 1.37. The Morgan fingerprint density at radius 2 is 1.79 bits per heavy atom. The zero-order valence-electron chi connectivity index (χ0n) is 14.2. The molecule has 0 aliphatic heterocycles. The number of nitrogens with zero attached hydrogens (tertiary/aromatic N) is 1. The van der Waals surface area contributed by atoms with E-state index in [0.717, 1.165) is 20.8 Å². The highest BCUT2D eigenvalue weighted by atomic mass is 32.1. The maximum Gasteiger partial charge on any atom is 0.230 e. The summed E-state index contributed by atoms with van der Waals surface area (Å²) in [6.45, 7) is 5.98. The summed E-state index contributed by atoms with van der Waals surface area (Å²) < 4.78 is 1.16. The fraction of sp³-hybridized carbons (Fsp3) is 0.300. The van der Waals surface area contributed by atoms with Crippen LogP contribution in [0.25, 0.3) is 10.2 Å². The summed E-state index contributed by atoms with van der Waals surface area (Å²) >= 11 is 1.66. The van der Waals surface area contributed by atoms with E-state index in [2.05, 4.69) is 11.4 Å². The third-order valence-electron chi connectivity index (χ3n) is 4.17. The Balaban J connectivity index is 1.99. The zero-order chi connectivity index (χ0) is 17.2. The van der Waals surface area contributed by atoms with Gasteiger partial charge in [0, 0.05) is 12.5 Å². The highest BCUT2D eigenvalue weighted by molar-refractivity contribution is 7.18. The molecule has 0 saturated heterocycles. The molecule has 1 N–H and O–H groups in total. The number of carbonyl (C=O) groups is 1. The van der Waals surface area contributed by atoms with Crippen LogP contribution in [0.1, 0.15) is 31.3 Å². The van der Waals surface area contributed by atoms with Gasteiger partial charge in [-0.3, -0.25) is 4.79 Å². The second-order valence-corrected chi connectivity index (χ2v) is 7.69. The molecule has 0 saturated carbocycles. The van der Waals surface area contributed by atoms with E-state index in [0.29, 0.717) is 6.42 Å². The molecule has 0 radical (unpaired) electrons. The van der Waals surface area contributed by atoms with Gasteiger partial charge < -0.3 is 5.32 Å². The van der Waals surface area contributed by atoms with E-state index >= 15 is 0 Å². The Morgan fingerprint density at radius 3 is 2.46 bits per heavy atom. The topological polar surface area (TPSA) is 42.0 Å². The van der Waals surface area contributed by atoms with Crippen LogP contribution in [0, 0.1) is 0 Å². The second kappa shape index (κ2) is 6.73. The fourth-order valence-corrected chi connectivity index (χ4v) is 3.96. The molecule has 2 aromatic carbocycles. The lowest BCUT2D eigenvalue weighted by molar-refractivity contribution is -0.126. The maximum absolute atomic E-state index is 13.0. The average Bonchev–Trinajstić information content (AvgIpc) is 2.97. The van der Waals surface area contributed by atoms with Crippen LogP contribution in [0.15, 0.2) is 54.6 Å². The van der Waals surface area contributed by atoms with E-state index in [9.17, 15) is 4.79 Å². The zero-order valence-corrected chi connectivity index (χ0v) is 15.1. The molecule has 3 rings (SSSR count). The second-order valence-electron chi connectivity index (χ2n) is 6.58. The number of hydrogen-bond acceptors (Lipinski definition) is 3. The molecule has 0 spiro atoms. The number of thiazole rings is 1. The minimum atomic E-state index is -0.639. The van der Waals surface area contributed by atoms with Gasteiger partial charge in [0.1, 0.15) is 0 Å². The molecule has 0 aliphatic carbocycles. The molecular formula is C20H22N2OS. The molecule has 124 valence electrons. The van der Waals surface area contributed by atoms with Gasteiger partial charge in [0.2, 0.25) is 5.91 Å². The van der Waals surface area contributed by atoms with Crippen molar-refractivity contribution in [3.05, 3.63) is 65.2 Å². The predicted molar refractivity (Wildman–Crippen MR) is 100 cm³/mol. The lowest BCUT2D eigenvalue weighted by Crippen LogP contribution is -2.46. The van der Waals surface area contributed by atoms with Gasteiger partial charge >= 0.3 is 0 Å². The summed E-state index contributed by atoms with van der Waals surface area (Å²) in [6.07, 6.45) is 0.592. The largest absolute Gasteiger partial charge is 0.353 e. The van der Waals surface area contributed by atoms with E-state index < -0.39 is 5.41 Å². The van der Waals surface area contributed by atoms with Gasteiger partial charge in [-0.05, 0) is 38.5 Å². The Kier molecular flexibility index (Phi) is 4.67. The molecule has 1 aromatic heterocycles. The third-order valence-corrected chi connectivity index (χ3v) is 5.21.